The van der Waals surface area contributed by atoms with E-state index in [0.29, 0.717) is 0 Å². The predicted molar refractivity (Wildman–Crippen MR) is 98.1 cm³/mol. The normalized spacial score (nSPS) is 12.6. The highest BCUT2D eigenvalue weighted by Gasteiger charge is 2.11. The third-order valence-corrected chi connectivity index (χ3v) is 4.69. The van der Waals surface area contributed by atoms with Gasteiger partial charge in [0.05, 0.1) is 0 Å². The first-order chi connectivity index (χ1) is 10.7. The number of halogens is 2. The second-order valence-electron chi connectivity index (χ2n) is 5.00. The van der Waals surface area contributed by atoms with Gasteiger partial charge in [-0.15, -0.1) is 0 Å². The van der Waals surface area contributed by atoms with Gasteiger partial charge in [0.25, 0.3) is 0 Å². The summed E-state index contributed by atoms with van der Waals surface area (Å²) in [7, 11) is 0. The lowest BCUT2D eigenvalue weighted by Crippen LogP contribution is -1.95. The Morgan fingerprint density at radius 2 is 1.41 bits per heavy atom. The van der Waals surface area contributed by atoms with Gasteiger partial charge in [-0.25, -0.2) is 0 Å². The number of hydrogen-bond donors (Lipinski definition) is 0. The van der Waals surface area contributed by atoms with Gasteiger partial charge in [-0.1, -0.05) is 59.6 Å². The predicted octanol–water partition coefficient (Wildman–Crippen LogP) is 6.90. The van der Waals surface area contributed by atoms with Gasteiger partial charge < -0.3 is 0 Å². The summed E-state index contributed by atoms with van der Waals surface area (Å²) in [5, 5.41) is 5.80. The average Bonchev–Trinajstić information content (AvgIpc) is 3.05. The molecule has 1 atom stereocenters. The fraction of sp³-hybridized carbons (Fsp3) is 0.0526. The molecule has 0 saturated carbocycles. The summed E-state index contributed by atoms with van der Waals surface area (Å²) in [6.07, 6.45) is 4.35. The maximum Gasteiger partial charge on any atom is 0.0406 e. The molecule has 3 rings (SSSR count). The molecule has 3 aromatic rings. The number of thiophene rings is 1. The zero-order valence-electron chi connectivity index (χ0n) is 11.7. The molecule has 0 saturated heterocycles. The molecule has 1 unspecified atom stereocenters. The molecule has 0 amide bonds. The van der Waals surface area contributed by atoms with Gasteiger partial charge in [0.1, 0.15) is 0 Å². The van der Waals surface area contributed by atoms with Crippen LogP contribution in [0.25, 0.3) is 6.08 Å². The van der Waals surface area contributed by atoms with Gasteiger partial charge in [0.15, 0.2) is 0 Å². The van der Waals surface area contributed by atoms with Gasteiger partial charge in [-0.05, 0) is 57.8 Å². The maximum absolute atomic E-state index is 6.00. The molecular weight excluding hydrogens is 331 g/mol. The summed E-state index contributed by atoms with van der Waals surface area (Å²) in [4.78, 5) is 0. The van der Waals surface area contributed by atoms with Crippen LogP contribution in [-0.4, -0.2) is 0 Å². The van der Waals surface area contributed by atoms with Crippen LogP contribution in [0, 0.1) is 0 Å². The summed E-state index contributed by atoms with van der Waals surface area (Å²) in [6.45, 7) is 0. The van der Waals surface area contributed by atoms with E-state index in [2.05, 4.69) is 41.1 Å². The fourth-order valence-corrected chi connectivity index (χ4v) is 3.27. The van der Waals surface area contributed by atoms with Crippen LogP contribution in [0.4, 0.5) is 0 Å². The molecular formula is C19H14Cl2S. The Balaban J connectivity index is 1.92. The minimum absolute atomic E-state index is 0.221. The van der Waals surface area contributed by atoms with Gasteiger partial charge in [0.2, 0.25) is 0 Å². The van der Waals surface area contributed by atoms with Crippen molar-refractivity contribution in [3.63, 3.8) is 0 Å². The Morgan fingerprint density at radius 3 is 2.00 bits per heavy atom. The third-order valence-electron chi connectivity index (χ3n) is 3.48. The quantitative estimate of drug-likeness (QED) is 0.482. The molecule has 0 fully saturated rings. The molecule has 22 heavy (non-hydrogen) atoms. The molecule has 2 aromatic carbocycles. The van der Waals surface area contributed by atoms with E-state index in [4.69, 9.17) is 23.2 Å². The smallest absolute Gasteiger partial charge is 0.0406 e. The first-order valence-electron chi connectivity index (χ1n) is 6.94. The molecule has 0 bridgehead atoms. The molecule has 1 aromatic heterocycles. The molecule has 0 spiro atoms. The van der Waals surface area contributed by atoms with E-state index in [1.54, 1.807) is 11.3 Å². The van der Waals surface area contributed by atoms with Crippen molar-refractivity contribution in [1.29, 1.82) is 0 Å². The molecule has 0 aliphatic carbocycles. The molecule has 0 N–H and O–H groups in total. The van der Waals surface area contributed by atoms with E-state index in [0.717, 1.165) is 15.6 Å². The van der Waals surface area contributed by atoms with Crippen molar-refractivity contribution in [3.8, 4) is 0 Å². The number of allylic oxidation sites excluding steroid dienone is 1. The Kier molecular flexibility index (Phi) is 4.99. The Hall–Kier alpha value is -1.54. The highest BCUT2D eigenvalue weighted by atomic mass is 35.5. The highest BCUT2D eigenvalue weighted by Crippen LogP contribution is 2.29. The average molecular weight is 345 g/mol. The van der Waals surface area contributed by atoms with Crippen LogP contribution in [0.15, 0.2) is 71.4 Å². The lowest BCUT2D eigenvalue weighted by Gasteiger charge is -2.12. The SMILES string of the molecule is Clc1ccc(/C=C/C(c2ccc(Cl)cc2)c2ccsc2)cc1. The van der Waals surface area contributed by atoms with Crippen LogP contribution in [-0.2, 0) is 0 Å². The largest absolute Gasteiger partial charge is 0.152 e. The van der Waals surface area contributed by atoms with E-state index < -0.39 is 0 Å². The lowest BCUT2D eigenvalue weighted by atomic mass is 9.92. The second kappa shape index (κ2) is 7.15. The van der Waals surface area contributed by atoms with Gasteiger partial charge in [0, 0.05) is 16.0 Å². The van der Waals surface area contributed by atoms with Gasteiger partial charge >= 0.3 is 0 Å². The zero-order valence-corrected chi connectivity index (χ0v) is 14.1. The van der Waals surface area contributed by atoms with Gasteiger partial charge in [-0.2, -0.15) is 11.3 Å². The van der Waals surface area contributed by atoms with Crippen molar-refractivity contribution in [2.75, 3.05) is 0 Å². The first-order valence-corrected chi connectivity index (χ1v) is 8.63. The summed E-state index contributed by atoms with van der Waals surface area (Å²) in [6, 6.07) is 18.0. The monoisotopic (exact) mass is 344 g/mol. The number of rotatable bonds is 4. The summed E-state index contributed by atoms with van der Waals surface area (Å²) < 4.78 is 0. The maximum atomic E-state index is 6.00. The van der Waals surface area contributed by atoms with Crippen LogP contribution in [0.3, 0.4) is 0 Å². The van der Waals surface area contributed by atoms with Crippen molar-refractivity contribution in [1.82, 2.24) is 0 Å². The van der Waals surface area contributed by atoms with Crippen LogP contribution >= 0.6 is 34.5 Å². The van der Waals surface area contributed by atoms with E-state index in [1.165, 1.54) is 11.1 Å². The van der Waals surface area contributed by atoms with Gasteiger partial charge in [-0.3, -0.25) is 0 Å². The lowest BCUT2D eigenvalue weighted by molar-refractivity contribution is 1.04. The van der Waals surface area contributed by atoms with Crippen LogP contribution in [0.1, 0.15) is 22.6 Å². The molecule has 3 heteroatoms. The van der Waals surface area contributed by atoms with Crippen molar-refractivity contribution in [2.24, 2.45) is 0 Å². The standard InChI is InChI=1S/C19H14Cl2S/c20-17-6-1-14(2-7-17)3-10-19(16-11-12-22-13-16)15-4-8-18(21)9-5-15/h1-13,19H/b10-3+. The van der Waals surface area contributed by atoms with Crippen LogP contribution < -0.4 is 0 Å². The fourth-order valence-electron chi connectivity index (χ4n) is 2.32. The Morgan fingerprint density at radius 1 is 0.773 bits per heavy atom. The van der Waals surface area contributed by atoms with Crippen molar-refractivity contribution >= 4 is 40.6 Å². The van der Waals surface area contributed by atoms with E-state index in [1.807, 2.05) is 36.4 Å². The summed E-state index contributed by atoms with van der Waals surface area (Å²) >= 11 is 13.6. The first kappa shape index (κ1) is 15.4. The Bertz CT molecular complexity index is 741. The Labute approximate surface area is 144 Å². The topological polar surface area (TPSA) is 0 Å². The van der Waals surface area contributed by atoms with Crippen molar-refractivity contribution in [3.05, 3.63) is 98.2 Å². The summed E-state index contributed by atoms with van der Waals surface area (Å²) in [5.74, 6) is 0.221. The molecule has 1 heterocycles. The highest BCUT2D eigenvalue weighted by molar-refractivity contribution is 7.08. The second-order valence-corrected chi connectivity index (χ2v) is 6.65. The van der Waals surface area contributed by atoms with Crippen LogP contribution in [0.5, 0.6) is 0 Å². The zero-order chi connectivity index (χ0) is 15.4. The van der Waals surface area contributed by atoms with Crippen molar-refractivity contribution in [2.45, 2.75) is 5.92 Å². The molecule has 0 nitrogen and oxygen atoms in total. The molecule has 110 valence electrons. The molecule has 0 aliphatic rings. The molecule has 0 aliphatic heterocycles. The van der Waals surface area contributed by atoms with Crippen LogP contribution in [0.2, 0.25) is 10.0 Å². The minimum atomic E-state index is 0.221. The van der Waals surface area contributed by atoms with Crippen molar-refractivity contribution < 1.29 is 0 Å². The third kappa shape index (κ3) is 3.80. The molecule has 0 radical (unpaired) electrons. The minimum Gasteiger partial charge on any atom is -0.152 e. The summed E-state index contributed by atoms with van der Waals surface area (Å²) in [5.41, 5.74) is 3.66. The van der Waals surface area contributed by atoms with E-state index in [9.17, 15) is 0 Å². The van der Waals surface area contributed by atoms with E-state index >= 15 is 0 Å². The van der Waals surface area contributed by atoms with E-state index in [-0.39, 0.29) is 5.92 Å². The number of benzene rings is 2. The number of hydrogen-bond acceptors (Lipinski definition) is 1.